The molecule has 1 aromatic rings. The number of carbonyl (C=O) groups is 2. The second-order valence-electron chi connectivity index (χ2n) is 5.36. The molecule has 0 radical (unpaired) electrons. The Balaban J connectivity index is 2.03. The van der Waals surface area contributed by atoms with E-state index in [2.05, 4.69) is 0 Å². The number of nitrogens with two attached hydrogens (primary N) is 1. The molecule has 2 atom stereocenters. The summed E-state index contributed by atoms with van der Waals surface area (Å²) in [5.74, 6) is -1.14. The first-order valence-electron chi connectivity index (χ1n) is 7.06. The van der Waals surface area contributed by atoms with Crippen LogP contribution in [0.4, 0.5) is 0 Å². The minimum absolute atomic E-state index is 0.153. The zero-order valence-corrected chi connectivity index (χ0v) is 11.7. The van der Waals surface area contributed by atoms with Gasteiger partial charge in [0.15, 0.2) is 0 Å². The number of carbonyl (C=O) groups excluding carboxylic acids is 1. The lowest BCUT2D eigenvalue weighted by Gasteiger charge is -2.34. The van der Waals surface area contributed by atoms with Crippen LogP contribution in [0.5, 0.6) is 5.75 Å². The number of amides is 1. The summed E-state index contributed by atoms with van der Waals surface area (Å²) < 4.78 is 0. The van der Waals surface area contributed by atoms with E-state index in [9.17, 15) is 19.8 Å². The fourth-order valence-corrected chi connectivity index (χ4v) is 2.64. The van der Waals surface area contributed by atoms with Gasteiger partial charge in [-0.1, -0.05) is 12.1 Å². The third-order valence-corrected chi connectivity index (χ3v) is 3.78. The van der Waals surface area contributed by atoms with Crippen molar-refractivity contribution in [2.24, 2.45) is 5.73 Å². The summed E-state index contributed by atoms with van der Waals surface area (Å²) in [5, 5.41) is 18.4. The Morgan fingerprint density at radius 1 is 1.29 bits per heavy atom. The lowest BCUT2D eigenvalue weighted by Crippen LogP contribution is -2.54. The average Bonchev–Trinajstić information content (AvgIpc) is 2.48. The predicted octanol–water partition coefficient (Wildman–Crippen LogP) is 0.728. The van der Waals surface area contributed by atoms with Gasteiger partial charge in [-0.2, -0.15) is 0 Å². The molecule has 0 aromatic heterocycles. The van der Waals surface area contributed by atoms with Gasteiger partial charge in [-0.25, -0.2) is 4.79 Å². The molecule has 0 bridgehead atoms. The number of hydrogen-bond donors (Lipinski definition) is 3. The van der Waals surface area contributed by atoms with E-state index in [1.54, 1.807) is 12.1 Å². The highest BCUT2D eigenvalue weighted by atomic mass is 16.4. The molecule has 21 heavy (non-hydrogen) atoms. The van der Waals surface area contributed by atoms with Crippen LogP contribution >= 0.6 is 0 Å². The summed E-state index contributed by atoms with van der Waals surface area (Å²) in [7, 11) is 0. The van der Waals surface area contributed by atoms with Crippen molar-refractivity contribution in [2.75, 3.05) is 6.54 Å². The molecule has 1 aliphatic heterocycles. The topological polar surface area (TPSA) is 104 Å². The van der Waals surface area contributed by atoms with Crippen molar-refractivity contribution in [3.8, 4) is 5.75 Å². The van der Waals surface area contributed by atoms with Crippen LogP contribution in [-0.2, 0) is 16.0 Å². The van der Waals surface area contributed by atoms with Crippen molar-refractivity contribution in [1.82, 2.24) is 4.90 Å². The van der Waals surface area contributed by atoms with Gasteiger partial charge in [0, 0.05) is 6.54 Å². The first-order valence-corrected chi connectivity index (χ1v) is 7.06. The number of nitrogens with zero attached hydrogens (tertiary/aromatic N) is 1. The maximum atomic E-state index is 12.4. The number of rotatable bonds is 4. The average molecular weight is 292 g/mol. The van der Waals surface area contributed by atoms with Gasteiger partial charge >= 0.3 is 5.97 Å². The summed E-state index contributed by atoms with van der Waals surface area (Å²) in [5.41, 5.74) is 6.76. The maximum absolute atomic E-state index is 12.4. The largest absolute Gasteiger partial charge is 0.508 e. The van der Waals surface area contributed by atoms with Crippen LogP contribution < -0.4 is 5.73 Å². The molecule has 6 nitrogen and oxygen atoms in total. The SMILES string of the molecule is N[C@H](Cc1ccc(O)cc1)C(=O)N1CCCC[C@@H]1C(=O)O. The van der Waals surface area contributed by atoms with Crippen molar-refractivity contribution < 1.29 is 19.8 Å². The van der Waals surface area contributed by atoms with E-state index >= 15 is 0 Å². The molecule has 114 valence electrons. The summed E-state index contributed by atoms with van der Waals surface area (Å²) in [6.07, 6.45) is 2.42. The Morgan fingerprint density at radius 3 is 2.57 bits per heavy atom. The molecule has 0 aliphatic carbocycles. The fourth-order valence-electron chi connectivity index (χ4n) is 2.64. The number of hydrogen-bond acceptors (Lipinski definition) is 4. The van der Waals surface area contributed by atoms with E-state index in [1.165, 1.54) is 17.0 Å². The molecule has 1 fully saturated rings. The zero-order chi connectivity index (χ0) is 15.4. The highest BCUT2D eigenvalue weighted by Gasteiger charge is 2.34. The summed E-state index contributed by atoms with van der Waals surface area (Å²) in [6, 6.07) is 4.94. The number of likely N-dealkylation sites (tertiary alicyclic amines) is 1. The molecule has 2 rings (SSSR count). The first-order chi connectivity index (χ1) is 9.99. The Kier molecular flexibility index (Phi) is 4.80. The molecule has 1 amide bonds. The molecule has 1 saturated heterocycles. The smallest absolute Gasteiger partial charge is 0.326 e. The van der Waals surface area contributed by atoms with E-state index in [4.69, 9.17) is 5.73 Å². The van der Waals surface area contributed by atoms with Crippen LogP contribution in [-0.4, -0.2) is 45.6 Å². The number of carboxylic acids is 1. The van der Waals surface area contributed by atoms with Crippen molar-refractivity contribution in [3.05, 3.63) is 29.8 Å². The lowest BCUT2D eigenvalue weighted by atomic mass is 9.99. The molecular weight excluding hydrogens is 272 g/mol. The maximum Gasteiger partial charge on any atom is 0.326 e. The Morgan fingerprint density at radius 2 is 1.95 bits per heavy atom. The van der Waals surface area contributed by atoms with Crippen molar-refractivity contribution in [2.45, 2.75) is 37.8 Å². The number of aromatic hydroxyl groups is 1. The molecule has 1 aliphatic rings. The molecule has 0 spiro atoms. The second kappa shape index (κ2) is 6.58. The summed E-state index contributed by atoms with van der Waals surface area (Å²) in [6.45, 7) is 0.444. The first kappa shape index (κ1) is 15.3. The quantitative estimate of drug-likeness (QED) is 0.759. The van der Waals surface area contributed by atoms with Gasteiger partial charge in [-0.15, -0.1) is 0 Å². The minimum Gasteiger partial charge on any atom is -0.508 e. The number of carboxylic acid groups (broad SMARTS) is 1. The van der Waals surface area contributed by atoms with E-state index in [1.807, 2.05) is 0 Å². The van der Waals surface area contributed by atoms with Crippen LogP contribution in [0.15, 0.2) is 24.3 Å². The standard InChI is InChI=1S/C15H20N2O4/c16-12(9-10-4-6-11(18)7-5-10)14(19)17-8-2-1-3-13(17)15(20)21/h4-7,12-13,18H,1-3,8-9,16H2,(H,20,21)/t12-,13-/m1/s1. The predicted molar refractivity (Wildman–Crippen MR) is 76.8 cm³/mol. The Bertz CT molecular complexity index is 515. The molecule has 6 heteroatoms. The van der Waals surface area contributed by atoms with Gasteiger partial charge in [0.2, 0.25) is 5.91 Å². The highest BCUT2D eigenvalue weighted by molar-refractivity contribution is 5.87. The van der Waals surface area contributed by atoms with Gasteiger partial charge in [0.1, 0.15) is 11.8 Å². The zero-order valence-electron chi connectivity index (χ0n) is 11.7. The lowest BCUT2D eigenvalue weighted by molar-refractivity contribution is -0.152. The number of phenolic OH excluding ortho intramolecular Hbond substituents is 1. The van der Waals surface area contributed by atoms with Gasteiger partial charge in [-0.05, 0) is 43.4 Å². The third kappa shape index (κ3) is 3.72. The Labute approximate surface area is 123 Å². The molecule has 0 unspecified atom stereocenters. The molecule has 1 aromatic carbocycles. The van der Waals surface area contributed by atoms with Crippen LogP contribution in [0, 0.1) is 0 Å². The molecular formula is C15H20N2O4. The fraction of sp³-hybridized carbons (Fsp3) is 0.467. The van der Waals surface area contributed by atoms with Crippen LogP contribution in [0.1, 0.15) is 24.8 Å². The number of aliphatic carboxylic acids is 1. The third-order valence-electron chi connectivity index (χ3n) is 3.78. The second-order valence-corrected chi connectivity index (χ2v) is 5.36. The molecule has 1 heterocycles. The van der Waals surface area contributed by atoms with E-state index in [0.717, 1.165) is 18.4 Å². The van der Waals surface area contributed by atoms with Crippen molar-refractivity contribution >= 4 is 11.9 Å². The molecule has 4 N–H and O–H groups in total. The number of benzene rings is 1. The Hall–Kier alpha value is -2.08. The molecule has 0 saturated carbocycles. The van der Waals surface area contributed by atoms with E-state index < -0.39 is 18.1 Å². The van der Waals surface area contributed by atoms with E-state index in [-0.39, 0.29) is 11.7 Å². The monoisotopic (exact) mass is 292 g/mol. The van der Waals surface area contributed by atoms with Crippen LogP contribution in [0.3, 0.4) is 0 Å². The number of piperidine rings is 1. The van der Waals surface area contributed by atoms with E-state index in [0.29, 0.717) is 19.4 Å². The number of phenols is 1. The minimum atomic E-state index is -0.972. The van der Waals surface area contributed by atoms with Gasteiger partial charge < -0.3 is 20.8 Å². The summed E-state index contributed by atoms with van der Waals surface area (Å²) in [4.78, 5) is 25.0. The normalized spacial score (nSPS) is 20.0. The van der Waals surface area contributed by atoms with Crippen molar-refractivity contribution in [1.29, 1.82) is 0 Å². The van der Waals surface area contributed by atoms with Crippen LogP contribution in [0.25, 0.3) is 0 Å². The van der Waals surface area contributed by atoms with Crippen LogP contribution in [0.2, 0.25) is 0 Å². The van der Waals surface area contributed by atoms with Crippen molar-refractivity contribution in [3.63, 3.8) is 0 Å². The highest BCUT2D eigenvalue weighted by Crippen LogP contribution is 2.19. The summed E-state index contributed by atoms with van der Waals surface area (Å²) >= 11 is 0. The van der Waals surface area contributed by atoms with Gasteiger partial charge in [0.05, 0.1) is 6.04 Å². The van der Waals surface area contributed by atoms with Gasteiger partial charge in [0.25, 0.3) is 0 Å². The van der Waals surface area contributed by atoms with Gasteiger partial charge in [-0.3, -0.25) is 4.79 Å².